The molecular weight excluding hydrogens is 298 g/mol. The molecule has 0 bridgehead atoms. The topological polar surface area (TPSA) is 48.3 Å². The zero-order valence-electron chi connectivity index (χ0n) is 14.6. The second-order valence-electron chi connectivity index (χ2n) is 5.84. The van der Waals surface area contributed by atoms with Gasteiger partial charge >= 0.3 is 0 Å². The zero-order chi connectivity index (χ0) is 17.4. The van der Waals surface area contributed by atoms with E-state index in [1.165, 1.54) is 5.56 Å². The second kappa shape index (κ2) is 8.95. The molecule has 0 aromatic heterocycles. The van der Waals surface area contributed by atoms with E-state index in [4.69, 9.17) is 10.00 Å². The van der Waals surface area contributed by atoms with Crippen LogP contribution in [-0.2, 0) is 6.54 Å². The van der Waals surface area contributed by atoms with Gasteiger partial charge in [0.25, 0.3) is 0 Å². The second-order valence-corrected chi connectivity index (χ2v) is 5.84. The molecule has 0 spiro atoms. The Labute approximate surface area is 144 Å². The smallest absolute Gasteiger partial charge is 0.123 e. The van der Waals surface area contributed by atoms with Crippen LogP contribution >= 0.6 is 0 Å². The van der Waals surface area contributed by atoms with E-state index in [2.05, 4.69) is 53.5 Å². The first-order valence-corrected chi connectivity index (χ1v) is 8.19. The van der Waals surface area contributed by atoms with E-state index in [9.17, 15) is 0 Å². The van der Waals surface area contributed by atoms with Crippen molar-refractivity contribution in [2.24, 2.45) is 0 Å². The van der Waals surface area contributed by atoms with E-state index >= 15 is 0 Å². The summed E-state index contributed by atoms with van der Waals surface area (Å²) in [6.45, 7) is 3.68. The molecule has 0 aliphatic heterocycles. The molecule has 0 aliphatic carbocycles. The Morgan fingerprint density at radius 3 is 2.54 bits per heavy atom. The summed E-state index contributed by atoms with van der Waals surface area (Å²) in [6.07, 6.45) is 0.538. The van der Waals surface area contributed by atoms with Gasteiger partial charge in [0.1, 0.15) is 5.75 Å². The summed E-state index contributed by atoms with van der Waals surface area (Å²) in [5.74, 6) is 0.909. The Hall–Kier alpha value is -2.51. The minimum Gasteiger partial charge on any atom is -0.496 e. The van der Waals surface area contributed by atoms with Gasteiger partial charge in [0.2, 0.25) is 0 Å². The lowest BCUT2D eigenvalue weighted by molar-refractivity contribution is 0.401. The molecule has 126 valence electrons. The average molecular weight is 323 g/mol. The van der Waals surface area contributed by atoms with E-state index in [0.29, 0.717) is 6.42 Å². The molecule has 24 heavy (non-hydrogen) atoms. The molecule has 0 saturated carbocycles. The Morgan fingerprint density at radius 1 is 1.17 bits per heavy atom. The van der Waals surface area contributed by atoms with Crippen LogP contribution in [0.4, 0.5) is 5.69 Å². The maximum Gasteiger partial charge on any atom is 0.123 e. The summed E-state index contributed by atoms with van der Waals surface area (Å²) in [5.41, 5.74) is 3.52. The Morgan fingerprint density at radius 2 is 1.88 bits per heavy atom. The summed E-state index contributed by atoms with van der Waals surface area (Å²) in [7, 11) is 3.71. The summed E-state index contributed by atoms with van der Waals surface area (Å²) in [6, 6.07) is 18.9. The average Bonchev–Trinajstić information content (AvgIpc) is 2.64. The molecule has 0 aliphatic rings. The van der Waals surface area contributed by atoms with Crippen molar-refractivity contribution < 1.29 is 4.74 Å². The summed E-state index contributed by atoms with van der Waals surface area (Å²) in [5, 5.41) is 12.2. The van der Waals surface area contributed by atoms with Crippen LogP contribution < -0.4 is 15.0 Å². The van der Waals surface area contributed by atoms with Gasteiger partial charge in [-0.1, -0.05) is 30.3 Å². The van der Waals surface area contributed by atoms with Crippen LogP contribution in [0.1, 0.15) is 30.5 Å². The Balaban J connectivity index is 1.93. The maximum atomic E-state index is 8.67. The third kappa shape index (κ3) is 4.74. The number of nitriles is 1. The quantitative estimate of drug-likeness (QED) is 0.800. The molecule has 0 amide bonds. The van der Waals surface area contributed by atoms with Crippen LogP contribution in [0, 0.1) is 11.3 Å². The van der Waals surface area contributed by atoms with E-state index in [0.717, 1.165) is 30.1 Å². The van der Waals surface area contributed by atoms with Crippen molar-refractivity contribution in [2.45, 2.75) is 25.9 Å². The molecule has 4 nitrogen and oxygen atoms in total. The molecule has 0 heterocycles. The van der Waals surface area contributed by atoms with Crippen LogP contribution in [0.3, 0.4) is 0 Å². The number of methoxy groups -OCH3 is 1. The lowest BCUT2D eigenvalue weighted by Gasteiger charge is -2.19. The normalized spacial score (nSPS) is 11.6. The highest BCUT2D eigenvalue weighted by Gasteiger charge is 2.10. The van der Waals surface area contributed by atoms with Crippen molar-refractivity contribution in [3.05, 3.63) is 59.7 Å². The SMILES string of the molecule is COc1ccccc1[C@H](C)NCc1ccc(N(C)CCC#N)cc1. The molecule has 0 fully saturated rings. The van der Waals surface area contributed by atoms with Gasteiger partial charge in [-0.25, -0.2) is 0 Å². The third-order valence-electron chi connectivity index (χ3n) is 4.15. The molecule has 4 heteroatoms. The lowest BCUT2D eigenvalue weighted by Crippen LogP contribution is -2.19. The van der Waals surface area contributed by atoms with Crippen LogP contribution in [-0.4, -0.2) is 20.7 Å². The first-order chi connectivity index (χ1) is 11.7. The summed E-state index contributed by atoms with van der Waals surface area (Å²) < 4.78 is 5.42. The number of para-hydroxylation sites is 1. The maximum absolute atomic E-state index is 8.67. The molecule has 2 aromatic rings. The predicted molar refractivity (Wildman–Crippen MR) is 98.2 cm³/mol. The van der Waals surface area contributed by atoms with Gasteiger partial charge in [0.05, 0.1) is 19.6 Å². The molecule has 0 radical (unpaired) electrons. The highest BCUT2D eigenvalue weighted by molar-refractivity contribution is 5.47. The third-order valence-corrected chi connectivity index (χ3v) is 4.15. The minimum absolute atomic E-state index is 0.208. The molecule has 0 unspecified atom stereocenters. The van der Waals surface area contributed by atoms with E-state index in [1.807, 2.05) is 25.2 Å². The van der Waals surface area contributed by atoms with E-state index in [1.54, 1.807) is 7.11 Å². The van der Waals surface area contributed by atoms with Gasteiger partial charge in [-0.3, -0.25) is 0 Å². The fraction of sp³-hybridized carbons (Fsp3) is 0.350. The van der Waals surface area contributed by atoms with Crippen molar-refractivity contribution in [1.82, 2.24) is 5.32 Å². The fourth-order valence-corrected chi connectivity index (χ4v) is 2.62. The van der Waals surface area contributed by atoms with Gasteiger partial charge in [-0.05, 0) is 30.7 Å². The lowest BCUT2D eigenvalue weighted by atomic mass is 10.1. The number of rotatable bonds is 8. The highest BCUT2D eigenvalue weighted by atomic mass is 16.5. The molecule has 2 aromatic carbocycles. The zero-order valence-corrected chi connectivity index (χ0v) is 14.6. The van der Waals surface area contributed by atoms with Crippen molar-refractivity contribution in [3.8, 4) is 11.8 Å². The van der Waals surface area contributed by atoms with Crippen molar-refractivity contribution >= 4 is 5.69 Å². The summed E-state index contributed by atoms with van der Waals surface area (Å²) in [4.78, 5) is 2.10. The van der Waals surface area contributed by atoms with Gasteiger partial charge in [0.15, 0.2) is 0 Å². The fourth-order valence-electron chi connectivity index (χ4n) is 2.62. The van der Waals surface area contributed by atoms with Gasteiger partial charge in [-0.15, -0.1) is 0 Å². The van der Waals surface area contributed by atoms with Gasteiger partial charge < -0.3 is 15.0 Å². The minimum atomic E-state index is 0.208. The monoisotopic (exact) mass is 323 g/mol. The van der Waals surface area contributed by atoms with Crippen LogP contribution in [0.2, 0.25) is 0 Å². The van der Waals surface area contributed by atoms with E-state index in [-0.39, 0.29) is 6.04 Å². The molecule has 1 atom stereocenters. The Kier molecular flexibility index (Phi) is 6.65. The molecule has 0 saturated heterocycles. The van der Waals surface area contributed by atoms with Gasteiger partial charge in [0, 0.05) is 37.4 Å². The molecule has 2 rings (SSSR count). The first-order valence-electron chi connectivity index (χ1n) is 8.19. The number of hydrogen-bond acceptors (Lipinski definition) is 4. The predicted octanol–water partition coefficient (Wildman–Crippen LogP) is 3.90. The molecular formula is C20H25N3O. The standard InChI is InChI=1S/C20H25N3O/c1-16(19-7-4-5-8-20(19)24-3)22-15-17-9-11-18(12-10-17)23(2)14-6-13-21/h4-5,7-12,16,22H,6,14-15H2,1-3H3/t16-/m0/s1. The number of ether oxygens (including phenoxy) is 1. The van der Waals surface area contributed by atoms with E-state index < -0.39 is 0 Å². The number of anilines is 1. The van der Waals surface area contributed by atoms with Crippen molar-refractivity contribution in [1.29, 1.82) is 5.26 Å². The van der Waals surface area contributed by atoms with Gasteiger partial charge in [-0.2, -0.15) is 5.26 Å². The number of nitrogens with zero attached hydrogens (tertiary/aromatic N) is 2. The van der Waals surface area contributed by atoms with Crippen LogP contribution in [0.5, 0.6) is 5.75 Å². The highest BCUT2D eigenvalue weighted by Crippen LogP contribution is 2.24. The largest absolute Gasteiger partial charge is 0.496 e. The number of benzene rings is 2. The Bertz CT molecular complexity index is 676. The number of nitrogens with one attached hydrogen (secondary N) is 1. The van der Waals surface area contributed by atoms with Crippen molar-refractivity contribution in [3.63, 3.8) is 0 Å². The molecule has 1 N–H and O–H groups in total. The van der Waals surface area contributed by atoms with Crippen molar-refractivity contribution in [2.75, 3.05) is 25.6 Å². The first kappa shape index (κ1) is 17.8. The van der Waals surface area contributed by atoms with Crippen LogP contribution in [0.15, 0.2) is 48.5 Å². The number of hydrogen-bond donors (Lipinski definition) is 1. The summed E-state index contributed by atoms with van der Waals surface area (Å²) >= 11 is 0. The van der Waals surface area contributed by atoms with Crippen LogP contribution in [0.25, 0.3) is 0 Å².